The van der Waals surface area contributed by atoms with Gasteiger partial charge in [0.1, 0.15) is 16.0 Å². The molecule has 0 aliphatic carbocycles. The molecule has 0 radical (unpaired) electrons. The van der Waals surface area contributed by atoms with Gasteiger partial charge in [-0.05, 0) is 50.6 Å². The zero-order valence-electron chi connectivity index (χ0n) is 16.9. The summed E-state index contributed by atoms with van der Waals surface area (Å²) in [6.07, 6.45) is -8.96. The van der Waals surface area contributed by atoms with Crippen LogP contribution in [0.3, 0.4) is 0 Å². The number of halogens is 6. The van der Waals surface area contributed by atoms with Gasteiger partial charge in [0, 0.05) is 6.54 Å². The van der Waals surface area contributed by atoms with Crippen molar-refractivity contribution in [1.82, 2.24) is 15.2 Å². The maximum absolute atomic E-state index is 13.5. The number of amides is 1. The van der Waals surface area contributed by atoms with Crippen molar-refractivity contribution in [3.8, 4) is 0 Å². The summed E-state index contributed by atoms with van der Waals surface area (Å²) in [4.78, 5) is 17.2. The molecule has 12 heteroatoms. The molecule has 1 aliphatic rings. The van der Waals surface area contributed by atoms with E-state index >= 15 is 0 Å². The molecule has 3 rings (SSSR count). The van der Waals surface area contributed by atoms with E-state index in [1.807, 2.05) is 4.90 Å². The number of aliphatic hydroxyl groups excluding tert-OH is 1. The van der Waals surface area contributed by atoms with Crippen molar-refractivity contribution in [3.63, 3.8) is 0 Å². The van der Waals surface area contributed by atoms with Gasteiger partial charge in [0.05, 0.1) is 11.6 Å². The van der Waals surface area contributed by atoms with E-state index in [2.05, 4.69) is 10.3 Å². The second kappa shape index (κ2) is 9.36. The molecule has 32 heavy (non-hydrogen) atoms. The van der Waals surface area contributed by atoms with Gasteiger partial charge in [-0.15, -0.1) is 11.3 Å². The van der Waals surface area contributed by atoms with Crippen LogP contribution in [0.15, 0.2) is 24.3 Å². The van der Waals surface area contributed by atoms with Crippen LogP contribution in [0.4, 0.5) is 26.3 Å². The molecule has 0 spiro atoms. The third-order valence-corrected chi connectivity index (χ3v) is 6.25. The van der Waals surface area contributed by atoms with Gasteiger partial charge in [0.15, 0.2) is 5.69 Å². The van der Waals surface area contributed by atoms with Crippen LogP contribution in [0.1, 0.15) is 63.4 Å². The summed E-state index contributed by atoms with van der Waals surface area (Å²) in [6, 6.07) is 3.18. The second-order valence-electron chi connectivity index (χ2n) is 7.57. The Balaban J connectivity index is 1.81. The number of alkyl halides is 6. The number of thiazole rings is 1. The minimum absolute atomic E-state index is 0.0838. The lowest BCUT2D eigenvalue weighted by molar-refractivity contribution is -0.141. The standard InChI is InChI=1S/C20H21F6N3O2S/c1-11(12-5-4-6-13(9-12)19(21,22)23)27-17(31)15-16(20(24,25)26)28-18(32-15)14(30)10-29-7-2-3-8-29/h4-6,9,11,14,30H,2-3,7-8,10H2,1H3,(H,27,31). The van der Waals surface area contributed by atoms with Crippen molar-refractivity contribution < 1.29 is 36.2 Å². The molecule has 1 fully saturated rings. The highest BCUT2D eigenvalue weighted by atomic mass is 32.1. The lowest BCUT2D eigenvalue weighted by Crippen LogP contribution is -2.28. The number of β-amino-alcohol motifs (C(OH)–C–C–N with tert-alkyl or cyclic N) is 1. The summed E-state index contributed by atoms with van der Waals surface area (Å²) in [5.41, 5.74) is -2.27. The van der Waals surface area contributed by atoms with Gasteiger partial charge >= 0.3 is 12.4 Å². The molecule has 1 saturated heterocycles. The summed E-state index contributed by atoms with van der Waals surface area (Å²) >= 11 is 0.431. The van der Waals surface area contributed by atoms with Crippen molar-refractivity contribution in [3.05, 3.63) is 51.0 Å². The molecule has 1 aromatic carbocycles. The molecular weight excluding hydrogens is 460 g/mol. The summed E-state index contributed by atoms with van der Waals surface area (Å²) in [7, 11) is 0. The zero-order valence-corrected chi connectivity index (χ0v) is 17.7. The Kier molecular flexibility index (Phi) is 7.15. The van der Waals surface area contributed by atoms with Crippen LogP contribution in [-0.2, 0) is 12.4 Å². The highest BCUT2D eigenvalue weighted by Crippen LogP contribution is 2.37. The number of rotatable bonds is 6. The number of carbonyl (C=O) groups excluding carboxylic acids is 1. The van der Waals surface area contributed by atoms with Gasteiger partial charge in [-0.3, -0.25) is 4.79 Å². The Hall–Kier alpha value is -2.18. The molecular formula is C20H21F6N3O2S. The topological polar surface area (TPSA) is 65.5 Å². The largest absolute Gasteiger partial charge is 0.435 e. The van der Waals surface area contributed by atoms with E-state index in [0.717, 1.165) is 44.1 Å². The number of hydrogen-bond donors (Lipinski definition) is 2. The minimum atomic E-state index is -4.94. The van der Waals surface area contributed by atoms with Crippen LogP contribution in [0.2, 0.25) is 0 Å². The second-order valence-corrected chi connectivity index (χ2v) is 8.60. The summed E-state index contributed by atoms with van der Waals surface area (Å²) in [5, 5.41) is 12.4. The van der Waals surface area contributed by atoms with E-state index < -0.39 is 46.5 Å². The number of aliphatic hydroxyl groups is 1. The van der Waals surface area contributed by atoms with E-state index in [0.29, 0.717) is 11.3 Å². The quantitative estimate of drug-likeness (QED) is 0.582. The molecule has 2 heterocycles. The first-order chi connectivity index (χ1) is 14.9. The number of aromatic nitrogens is 1. The van der Waals surface area contributed by atoms with E-state index in [1.165, 1.54) is 13.0 Å². The molecule has 2 atom stereocenters. The predicted molar refractivity (Wildman–Crippen MR) is 105 cm³/mol. The predicted octanol–water partition coefficient (Wildman–Crippen LogP) is 4.80. The molecule has 2 unspecified atom stereocenters. The highest BCUT2D eigenvalue weighted by molar-refractivity contribution is 7.13. The molecule has 0 saturated carbocycles. The average Bonchev–Trinajstić information content (AvgIpc) is 3.37. The average molecular weight is 481 g/mol. The zero-order chi connectivity index (χ0) is 23.7. The maximum atomic E-state index is 13.5. The number of nitrogens with one attached hydrogen (secondary N) is 1. The lowest BCUT2D eigenvalue weighted by atomic mass is 10.0. The summed E-state index contributed by atoms with van der Waals surface area (Å²) in [6.45, 7) is 2.91. The van der Waals surface area contributed by atoms with Crippen LogP contribution in [-0.4, -0.2) is 40.5 Å². The third-order valence-electron chi connectivity index (χ3n) is 5.09. The van der Waals surface area contributed by atoms with E-state index in [1.54, 1.807) is 0 Å². The number of hydrogen-bond acceptors (Lipinski definition) is 5. The van der Waals surface area contributed by atoms with Crippen molar-refractivity contribution in [1.29, 1.82) is 0 Å². The fraction of sp³-hybridized carbons (Fsp3) is 0.500. The number of nitrogens with zero attached hydrogens (tertiary/aromatic N) is 2. The molecule has 2 N–H and O–H groups in total. The highest BCUT2D eigenvalue weighted by Gasteiger charge is 2.41. The molecule has 1 amide bonds. The Morgan fingerprint density at radius 2 is 1.84 bits per heavy atom. The smallest absolute Gasteiger partial charge is 0.385 e. The number of carbonyl (C=O) groups is 1. The van der Waals surface area contributed by atoms with Gasteiger partial charge in [0.2, 0.25) is 0 Å². The first kappa shape index (κ1) is 24.5. The van der Waals surface area contributed by atoms with E-state index in [9.17, 15) is 36.2 Å². The maximum Gasteiger partial charge on any atom is 0.435 e. The van der Waals surface area contributed by atoms with Crippen molar-refractivity contribution in [2.24, 2.45) is 0 Å². The molecule has 2 aromatic rings. The molecule has 5 nitrogen and oxygen atoms in total. The van der Waals surface area contributed by atoms with Gasteiger partial charge in [-0.25, -0.2) is 4.98 Å². The van der Waals surface area contributed by atoms with E-state index in [-0.39, 0.29) is 17.1 Å². The molecule has 1 aliphatic heterocycles. The van der Waals surface area contributed by atoms with Gasteiger partial charge < -0.3 is 15.3 Å². The van der Waals surface area contributed by atoms with Crippen molar-refractivity contribution in [2.45, 2.75) is 44.3 Å². The van der Waals surface area contributed by atoms with Crippen LogP contribution >= 0.6 is 11.3 Å². The Labute approximate surface area is 184 Å². The molecule has 176 valence electrons. The SMILES string of the molecule is CC(NC(=O)c1sc(C(O)CN2CCCC2)nc1C(F)(F)F)c1cccc(C(F)(F)F)c1. The Bertz CT molecular complexity index is 954. The minimum Gasteiger partial charge on any atom is -0.385 e. The van der Waals surface area contributed by atoms with Gasteiger partial charge in [0.25, 0.3) is 5.91 Å². The lowest BCUT2D eigenvalue weighted by Gasteiger charge is -2.17. The van der Waals surface area contributed by atoms with Crippen LogP contribution < -0.4 is 5.32 Å². The fourth-order valence-electron chi connectivity index (χ4n) is 3.44. The number of likely N-dealkylation sites (tertiary alicyclic amines) is 1. The van der Waals surface area contributed by atoms with Gasteiger partial charge in [-0.2, -0.15) is 26.3 Å². The third kappa shape index (κ3) is 5.78. The normalized spacial score (nSPS) is 17.4. The summed E-state index contributed by atoms with van der Waals surface area (Å²) in [5.74, 6) is -1.13. The Morgan fingerprint density at radius 1 is 1.19 bits per heavy atom. The van der Waals surface area contributed by atoms with E-state index in [4.69, 9.17) is 0 Å². The van der Waals surface area contributed by atoms with Crippen LogP contribution in [0.5, 0.6) is 0 Å². The Morgan fingerprint density at radius 3 is 2.44 bits per heavy atom. The van der Waals surface area contributed by atoms with Crippen LogP contribution in [0, 0.1) is 0 Å². The first-order valence-corrected chi connectivity index (χ1v) is 10.6. The monoisotopic (exact) mass is 481 g/mol. The van der Waals surface area contributed by atoms with Gasteiger partial charge in [-0.1, -0.05) is 12.1 Å². The first-order valence-electron chi connectivity index (χ1n) is 9.82. The van der Waals surface area contributed by atoms with Crippen molar-refractivity contribution in [2.75, 3.05) is 19.6 Å². The number of benzene rings is 1. The fourth-order valence-corrected chi connectivity index (χ4v) is 4.41. The molecule has 1 aromatic heterocycles. The summed E-state index contributed by atoms with van der Waals surface area (Å²) < 4.78 is 79.2. The van der Waals surface area contributed by atoms with Crippen LogP contribution in [0.25, 0.3) is 0 Å². The van der Waals surface area contributed by atoms with Crippen molar-refractivity contribution >= 4 is 17.2 Å². The molecule has 0 bridgehead atoms.